The standard InChI is InChI=1S/C16H18ClNO6/c1-3-23-15(20)12(14(18-22)16(21)24-4-2)9-13(19)10-5-7-11(17)8-6-10/h5-8,12,14H,3-4,9H2,1-2H3. The molecule has 0 aliphatic heterocycles. The second kappa shape index (κ2) is 9.77. The minimum Gasteiger partial charge on any atom is -0.466 e. The zero-order chi connectivity index (χ0) is 18.1. The van der Waals surface area contributed by atoms with Crippen LogP contribution in [0.15, 0.2) is 29.4 Å². The third kappa shape index (κ3) is 5.42. The van der Waals surface area contributed by atoms with Gasteiger partial charge in [0, 0.05) is 17.0 Å². The van der Waals surface area contributed by atoms with Gasteiger partial charge < -0.3 is 9.47 Å². The number of carbonyl (C=O) groups is 3. The van der Waals surface area contributed by atoms with E-state index < -0.39 is 36.1 Å². The second-order valence-corrected chi connectivity index (χ2v) is 5.23. The van der Waals surface area contributed by atoms with Gasteiger partial charge in [0.15, 0.2) is 5.78 Å². The van der Waals surface area contributed by atoms with Gasteiger partial charge in [0.05, 0.1) is 13.2 Å². The number of ketones is 1. The van der Waals surface area contributed by atoms with Crippen molar-refractivity contribution in [2.75, 3.05) is 13.2 Å². The molecule has 0 radical (unpaired) electrons. The summed E-state index contributed by atoms with van der Waals surface area (Å²) in [7, 11) is 0. The van der Waals surface area contributed by atoms with Crippen molar-refractivity contribution < 1.29 is 23.9 Å². The first-order valence-corrected chi connectivity index (χ1v) is 7.76. The van der Waals surface area contributed by atoms with E-state index in [-0.39, 0.29) is 13.2 Å². The zero-order valence-corrected chi connectivity index (χ0v) is 14.1. The van der Waals surface area contributed by atoms with E-state index in [1.54, 1.807) is 13.8 Å². The van der Waals surface area contributed by atoms with Gasteiger partial charge in [-0.05, 0) is 38.1 Å². The lowest BCUT2D eigenvalue weighted by atomic mass is 9.92. The molecule has 0 aliphatic rings. The molecule has 1 aromatic carbocycles. The van der Waals surface area contributed by atoms with Gasteiger partial charge in [-0.2, -0.15) is 0 Å². The summed E-state index contributed by atoms with van der Waals surface area (Å²) >= 11 is 5.76. The molecule has 2 unspecified atom stereocenters. The fourth-order valence-corrected chi connectivity index (χ4v) is 2.16. The van der Waals surface area contributed by atoms with Crippen LogP contribution in [-0.2, 0) is 19.1 Å². The number of esters is 2. The van der Waals surface area contributed by atoms with E-state index in [1.165, 1.54) is 24.3 Å². The van der Waals surface area contributed by atoms with Crippen molar-refractivity contribution in [2.24, 2.45) is 11.1 Å². The van der Waals surface area contributed by atoms with E-state index in [2.05, 4.69) is 5.18 Å². The molecule has 0 N–H and O–H groups in total. The summed E-state index contributed by atoms with van der Waals surface area (Å²) in [5, 5.41) is 3.12. The minimum absolute atomic E-state index is 0.0194. The quantitative estimate of drug-likeness (QED) is 0.383. The number of hydrogen-bond donors (Lipinski definition) is 0. The molecule has 2 atom stereocenters. The first-order chi connectivity index (χ1) is 11.4. The molecule has 0 fully saturated rings. The van der Waals surface area contributed by atoms with Crippen molar-refractivity contribution in [3.05, 3.63) is 39.8 Å². The molecule has 8 heteroatoms. The Balaban J connectivity index is 3.02. The van der Waals surface area contributed by atoms with Crippen LogP contribution >= 0.6 is 11.6 Å². The fourth-order valence-electron chi connectivity index (χ4n) is 2.03. The number of rotatable bonds is 9. The van der Waals surface area contributed by atoms with Gasteiger partial charge in [-0.25, -0.2) is 4.79 Å². The van der Waals surface area contributed by atoms with Gasteiger partial charge in [-0.15, -0.1) is 4.91 Å². The molecule has 0 heterocycles. The lowest BCUT2D eigenvalue weighted by Gasteiger charge is -2.18. The Morgan fingerprint density at radius 2 is 1.58 bits per heavy atom. The van der Waals surface area contributed by atoms with E-state index in [0.717, 1.165) is 0 Å². The maximum atomic E-state index is 12.3. The van der Waals surface area contributed by atoms with Crippen LogP contribution < -0.4 is 0 Å². The molecule has 0 aromatic heterocycles. The number of nitrogens with zero attached hydrogens (tertiary/aromatic N) is 1. The first kappa shape index (κ1) is 19.8. The largest absolute Gasteiger partial charge is 0.466 e. The Bertz CT molecular complexity index is 601. The van der Waals surface area contributed by atoms with Crippen LogP contribution in [0.3, 0.4) is 0 Å². The van der Waals surface area contributed by atoms with E-state index in [9.17, 15) is 19.3 Å². The van der Waals surface area contributed by atoms with Crippen LogP contribution in [0.5, 0.6) is 0 Å². The summed E-state index contributed by atoms with van der Waals surface area (Å²) in [5.74, 6) is -3.60. The highest BCUT2D eigenvalue weighted by Crippen LogP contribution is 2.20. The third-order valence-corrected chi connectivity index (χ3v) is 3.44. The molecule has 0 spiro atoms. The molecular formula is C16H18ClNO6. The molecular weight excluding hydrogens is 338 g/mol. The number of benzene rings is 1. The third-order valence-electron chi connectivity index (χ3n) is 3.18. The Kier molecular flexibility index (Phi) is 8.05. The lowest BCUT2D eigenvalue weighted by Crippen LogP contribution is -2.37. The Morgan fingerprint density at radius 1 is 1.04 bits per heavy atom. The SMILES string of the molecule is CCOC(=O)C(CC(=O)c1ccc(Cl)cc1)C(N=O)C(=O)OCC. The monoisotopic (exact) mass is 355 g/mol. The number of halogens is 1. The summed E-state index contributed by atoms with van der Waals surface area (Å²) in [6, 6.07) is 4.38. The normalized spacial score (nSPS) is 12.8. The van der Waals surface area contributed by atoms with Crippen LogP contribution in [0.4, 0.5) is 0 Å². The lowest BCUT2D eigenvalue weighted by molar-refractivity contribution is -0.156. The molecule has 0 saturated carbocycles. The van der Waals surface area contributed by atoms with Crippen molar-refractivity contribution in [3.8, 4) is 0 Å². The average molecular weight is 356 g/mol. The van der Waals surface area contributed by atoms with Crippen LogP contribution in [0.1, 0.15) is 30.6 Å². The van der Waals surface area contributed by atoms with Crippen molar-refractivity contribution in [1.29, 1.82) is 0 Å². The average Bonchev–Trinajstić information content (AvgIpc) is 2.55. The molecule has 130 valence electrons. The van der Waals surface area contributed by atoms with Gasteiger partial charge >= 0.3 is 11.9 Å². The summed E-state index contributed by atoms with van der Waals surface area (Å²) < 4.78 is 9.59. The van der Waals surface area contributed by atoms with Gasteiger partial charge in [0.1, 0.15) is 5.92 Å². The highest BCUT2D eigenvalue weighted by Gasteiger charge is 2.39. The van der Waals surface area contributed by atoms with E-state index in [0.29, 0.717) is 10.6 Å². The number of ether oxygens (including phenoxy) is 2. The summed E-state index contributed by atoms with van der Waals surface area (Å²) in [4.78, 5) is 47.3. The molecule has 0 aliphatic carbocycles. The highest BCUT2D eigenvalue weighted by molar-refractivity contribution is 6.30. The summed E-state index contributed by atoms with van der Waals surface area (Å²) in [5.41, 5.74) is 0.294. The van der Waals surface area contributed by atoms with Crippen LogP contribution in [0.25, 0.3) is 0 Å². The smallest absolute Gasteiger partial charge is 0.335 e. The van der Waals surface area contributed by atoms with Crippen LogP contribution in [0.2, 0.25) is 5.02 Å². The molecule has 0 bridgehead atoms. The number of carbonyl (C=O) groups excluding carboxylic acids is 3. The molecule has 0 amide bonds. The summed E-state index contributed by atoms with van der Waals surface area (Å²) in [6.07, 6.45) is -0.407. The molecule has 1 aromatic rings. The topological polar surface area (TPSA) is 99.1 Å². The minimum atomic E-state index is -1.64. The maximum absolute atomic E-state index is 12.3. The van der Waals surface area contributed by atoms with Gasteiger partial charge in [-0.1, -0.05) is 16.8 Å². The Labute approximate surface area is 144 Å². The zero-order valence-electron chi connectivity index (χ0n) is 13.4. The van der Waals surface area contributed by atoms with E-state index in [1.807, 2.05) is 0 Å². The predicted molar refractivity (Wildman–Crippen MR) is 86.7 cm³/mol. The Morgan fingerprint density at radius 3 is 2.08 bits per heavy atom. The van der Waals surface area contributed by atoms with Gasteiger partial charge in [-0.3, -0.25) is 9.59 Å². The van der Waals surface area contributed by atoms with Gasteiger partial charge in [0.25, 0.3) is 0 Å². The number of nitroso groups, excluding NO2 is 1. The number of hydrogen-bond acceptors (Lipinski definition) is 7. The molecule has 0 saturated heterocycles. The second-order valence-electron chi connectivity index (χ2n) is 4.80. The molecule has 24 heavy (non-hydrogen) atoms. The number of Topliss-reactive ketones (excluding diaryl/α,β-unsaturated/α-hetero) is 1. The molecule has 1 rings (SSSR count). The Hall–Kier alpha value is -2.28. The predicted octanol–water partition coefficient (Wildman–Crippen LogP) is 2.79. The van der Waals surface area contributed by atoms with Crippen molar-refractivity contribution in [1.82, 2.24) is 0 Å². The highest BCUT2D eigenvalue weighted by atomic mass is 35.5. The van der Waals surface area contributed by atoms with Crippen molar-refractivity contribution in [3.63, 3.8) is 0 Å². The van der Waals surface area contributed by atoms with Crippen LogP contribution in [0, 0.1) is 10.8 Å². The molecule has 7 nitrogen and oxygen atoms in total. The fraction of sp³-hybridized carbons (Fsp3) is 0.438. The van der Waals surface area contributed by atoms with Crippen molar-refractivity contribution in [2.45, 2.75) is 26.3 Å². The summed E-state index contributed by atoms with van der Waals surface area (Å²) in [6.45, 7) is 3.19. The van der Waals surface area contributed by atoms with Gasteiger partial charge in [0.2, 0.25) is 6.04 Å². The van der Waals surface area contributed by atoms with E-state index >= 15 is 0 Å². The van der Waals surface area contributed by atoms with E-state index in [4.69, 9.17) is 21.1 Å². The van der Waals surface area contributed by atoms with Crippen LogP contribution in [-0.4, -0.2) is 37.0 Å². The van der Waals surface area contributed by atoms with Crippen molar-refractivity contribution >= 4 is 29.3 Å². The maximum Gasteiger partial charge on any atom is 0.335 e. The first-order valence-electron chi connectivity index (χ1n) is 7.39.